The standard InChI is InChI=1S/C21H25N3O2/c1-5-6-7-12-24-20(25)18(15(2)19(14-22)21(24)26)13-16-8-10-17(11-9-16)23(3)4/h8-11,13H,5-7,12H2,1-4H3. The second kappa shape index (κ2) is 8.48. The molecule has 0 radical (unpaired) electrons. The normalized spacial score (nSPS) is 16.3. The van der Waals surface area contributed by atoms with Crippen molar-refractivity contribution in [3.05, 3.63) is 46.5 Å². The van der Waals surface area contributed by atoms with Crippen LogP contribution in [0.25, 0.3) is 6.08 Å². The van der Waals surface area contributed by atoms with Crippen molar-refractivity contribution in [3.8, 4) is 6.07 Å². The van der Waals surface area contributed by atoms with Crippen LogP contribution in [0.2, 0.25) is 0 Å². The quantitative estimate of drug-likeness (QED) is 0.447. The third-order valence-corrected chi connectivity index (χ3v) is 4.53. The first-order valence-electron chi connectivity index (χ1n) is 8.87. The van der Waals surface area contributed by atoms with Crippen LogP contribution in [0.1, 0.15) is 38.7 Å². The molecule has 0 saturated carbocycles. The van der Waals surface area contributed by atoms with Gasteiger partial charge < -0.3 is 4.90 Å². The molecule has 0 saturated heterocycles. The third-order valence-electron chi connectivity index (χ3n) is 4.53. The van der Waals surface area contributed by atoms with Gasteiger partial charge in [-0.1, -0.05) is 31.9 Å². The molecular formula is C21H25N3O2. The van der Waals surface area contributed by atoms with Crippen molar-refractivity contribution in [2.75, 3.05) is 25.5 Å². The maximum absolute atomic E-state index is 12.9. The van der Waals surface area contributed by atoms with Gasteiger partial charge in [0, 0.05) is 31.9 Å². The molecule has 5 nitrogen and oxygen atoms in total. The van der Waals surface area contributed by atoms with Gasteiger partial charge in [-0.15, -0.1) is 0 Å². The van der Waals surface area contributed by atoms with Gasteiger partial charge in [0.15, 0.2) is 0 Å². The van der Waals surface area contributed by atoms with Crippen molar-refractivity contribution in [3.63, 3.8) is 0 Å². The highest BCUT2D eigenvalue weighted by Crippen LogP contribution is 2.27. The SMILES string of the molecule is CCCCCN1C(=O)C(=Cc2ccc(N(C)C)cc2)C(C)=C(C#N)C1=O. The lowest BCUT2D eigenvalue weighted by molar-refractivity contribution is -0.140. The van der Waals surface area contributed by atoms with Crippen LogP contribution in [0.3, 0.4) is 0 Å². The predicted octanol–water partition coefficient (Wildman–Crippen LogP) is 3.54. The first kappa shape index (κ1) is 19.5. The van der Waals surface area contributed by atoms with Gasteiger partial charge in [0.1, 0.15) is 11.6 Å². The zero-order chi connectivity index (χ0) is 19.3. The van der Waals surface area contributed by atoms with Gasteiger partial charge in [-0.3, -0.25) is 14.5 Å². The van der Waals surface area contributed by atoms with Gasteiger partial charge in [-0.05, 0) is 42.7 Å². The lowest BCUT2D eigenvalue weighted by Gasteiger charge is -2.27. The van der Waals surface area contributed by atoms with E-state index in [1.165, 1.54) is 4.90 Å². The molecule has 0 N–H and O–H groups in total. The summed E-state index contributed by atoms with van der Waals surface area (Å²) < 4.78 is 0. The molecular weight excluding hydrogens is 326 g/mol. The number of nitrogens with zero attached hydrogens (tertiary/aromatic N) is 3. The summed E-state index contributed by atoms with van der Waals surface area (Å²) in [5.41, 5.74) is 2.83. The first-order chi connectivity index (χ1) is 12.4. The average Bonchev–Trinajstić information content (AvgIpc) is 2.62. The van der Waals surface area contributed by atoms with Crippen LogP contribution in [0, 0.1) is 11.3 Å². The van der Waals surface area contributed by atoms with Gasteiger partial charge >= 0.3 is 0 Å². The summed E-state index contributed by atoms with van der Waals surface area (Å²) in [7, 11) is 3.92. The number of carbonyl (C=O) groups is 2. The van der Waals surface area contributed by atoms with Crippen LogP contribution >= 0.6 is 0 Å². The van der Waals surface area contributed by atoms with Crippen LogP contribution < -0.4 is 4.90 Å². The summed E-state index contributed by atoms with van der Waals surface area (Å²) >= 11 is 0. The molecule has 5 heteroatoms. The Morgan fingerprint density at radius 1 is 1.12 bits per heavy atom. The molecule has 1 heterocycles. The molecule has 26 heavy (non-hydrogen) atoms. The number of hydrogen-bond donors (Lipinski definition) is 0. The van der Waals surface area contributed by atoms with Crippen LogP contribution in [-0.2, 0) is 9.59 Å². The molecule has 136 valence electrons. The molecule has 0 aliphatic carbocycles. The molecule has 1 aliphatic heterocycles. The fourth-order valence-electron chi connectivity index (χ4n) is 2.89. The van der Waals surface area contributed by atoms with Gasteiger partial charge in [0.2, 0.25) is 0 Å². The number of imide groups is 1. The van der Waals surface area contributed by atoms with Crippen LogP contribution in [0.4, 0.5) is 5.69 Å². The number of hydrogen-bond acceptors (Lipinski definition) is 4. The first-order valence-corrected chi connectivity index (χ1v) is 8.87. The predicted molar refractivity (Wildman–Crippen MR) is 103 cm³/mol. The van der Waals surface area contributed by atoms with Crippen molar-refractivity contribution in [1.29, 1.82) is 5.26 Å². The lowest BCUT2D eigenvalue weighted by atomic mass is 9.93. The van der Waals surface area contributed by atoms with Crippen LogP contribution in [0.5, 0.6) is 0 Å². The molecule has 0 fully saturated rings. The monoisotopic (exact) mass is 351 g/mol. The van der Waals surface area contributed by atoms with Gasteiger partial charge in [-0.25, -0.2) is 0 Å². The smallest absolute Gasteiger partial charge is 0.271 e. The molecule has 1 aromatic rings. The molecule has 1 aromatic carbocycles. The summed E-state index contributed by atoms with van der Waals surface area (Å²) in [6.45, 7) is 4.08. The van der Waals surface area contributed by atoms with E-state index in [0.29, 0.717) is 17.7 Å². The largest absolute Gasteiger partial charge is 0.378 e. The topological polar surface area (TPSA) is 64.4 Å². The van der Waals surface area contributed by atoms with E-state index in [9.17, 15) is 14.9 Å². The van der Waals surface area contributed by atoms with E-state index >= 15 is 0 Å². The molecule has 0 bridgehead atoms. The Hall–Kier alpha value is -2.87. The minimum atomic E-state index is -0.480. The van der Waals surface area contributed by atoms with E-state index in [0.717, 1.165) is 30.5 Å². The number of nitriles is 1. The fraction of sp³-hybridized carbons (Fsp3) is 0.381. The van der Waals surface area contributed by atoms with Crippen molar-refractivity contribution in [1.82, 2.24) is 4.90 Å². The van der Waals surface area contributed by atoms with E-state index in [-0.39, 0.29) is 11.5 Å². The molecule has 0 spiro atoms. The maximum atomic E-state index is 12.9. The van der Waals surface area contributed by atoms with Crippen LogP contribution in [0.15, 0.2) is 41.0 Å². The minimum absolute atomic E-state index is 0.0530. The number of carbonyl (C=O) groups excluding carboxylic acids is 2. The minimum Gasteiger partial charge on any atom is -0.378 e. The highest BCUT2D eigenvalue weighted by molar-refractivity contribution is 6.19. The number of unbranched alkanes of at least 4 members (excludes halogenated alkanes) is 2. The Morgan fingerprint density at radius 2 is 1.77 bits per heavy atom. The van der Waals surface area contributed by atoms with Crippen molar-refractivity contribution < 1.29 is 9.59 Å². The van der Waals surface area contributed by atoms with Gasteiger partial charge in [-0.2, -0.15) is 5.26 Å². The number of benzene rings is 1. The van der Waals surface area contributed by atoms with E-state index < -0.39 is 5.91 Å². The summed E-state index contributed by atoms with van der Waals surface area (Å²) in [4.78, 5) is 28.6. The van der Waals surface area contributed by atoms with E-state index in [1.54, 1.807) is 13.0 Å². The lowest BCUT2D eigenvalue weighted by Crippen LogP contribution is -2.43. The highest BCUT2D eigenvalue weighted by Gasteiger charge is 2.34. The molecule has 2 amide bonds. The Balaban J connectivity index is 2.41. The summed E-state index contributed by atoms with van der Waals surface area (Å²) in [6.07, 6.45) is 4.44. The molecule has 1 aliphatic rings. The van der Waals surface area contributed by atoms with Gasteiger partial charge in [0.25, 0.3) is 11.8 Å². The third kappa shape index (κ3) is 4.02. The summed E-state index contributed by atoms with van der Waals surface area (Å²) in [5, 5.41) is 9.39. The second-order valence-electron chi connectivity index (χ2n) is 6.62. The second-order valence-corrected chi connectivity index (χ2v) is 6.62. The number of rotatable bonds is 6. The Kier molecular flexibility index (Phi) is 6.35. The Bertz CT molecular complexity index is 796. The molecule has 0 unspecified atom stereocenters. The fourth-order valence-corrected chi connectivity index (χ4v) is 2.89. The Labute approximate surface area is 155 Å². The highest BCUT2D eigenvalue weighted by atomic mass is 16.2. The van der Waals surface area contributed by atoms with E-state index in [4.69, 9.17) is 0 Å². The molecule has 2 rings (SSSR count). The summed E-state index contributed by atoms with van der Waals surface area (Å²) in [5.74, 6) is -0.800. The van der Waals surface area contributed by atoms with E-state index in [1.807, 2.05) is 49.3 Å². The van der Waals surface area contributed by atoms with Crippen LogP contribution in [-0.4, -0.2) is 37.4 Å². The van der Waals surface area contributed by atoms with Crippen molar-refractivity contribution in [2.45, 2.75) is 33.1 Å². The van der Waals surface area contributed by atoms with Crippen molar-refractivity contribution >= 4 is 23.6 Å². The number of amides is 2. The number of anilines is 1. The molecule has 0 aromatic heterocycles. The maximum Gasteiger partial charge on any atom is 0.271 e. The summed E-state index contributed by atoms with van der Waals surface area (Å²) in [6, 6.07) is 9.75. The zero-order valence-corrected chi connectivity index (χ0v) is 15.9. The van der Waals surface area contributed by atoms with E-state index in [2.05, 4.69) is 6.92 Å². The molecule has 0 atom stereocenters. The Morgan fingerprint density at radius 3 is 2.31 bits per heavy atom. The average molecular weight is 351 g/mol. The zero-order valence-electron chi connectivity index (χ0n) is 15.9. The van der Waals surface area contributed by atoms with Crippen molar-refractivity contribution in [2.24, 2.45) is 0 Å². The van der Waals surface area contributed by atoms with Gasteiger partial charge in [0.05, 0.1) is 0 Å².